The summed E-state index contributed by atoms with van der Waals surface area (Å²) in [6, 6.07) is 9.96. The highest BCUT2D eigenvalue weighted by molar-refractivity contribution is 7.13. The van der Waals surface area contributed by atoms with Crippen molar-refractivity contribution < 1.29 is 9.53 Å². The van der Waals surface area contributed by atoms with E-state index in [0.717, 1.165) is 62.0 Å². The molecule has 2 aromatic heterocycles. The van der Waals surface area contributed by atoms with Crippen LogP contribution in [0.25, 0.3) is 16.3 Å². The maximum Gasteiger partial charge on any atom is 0.273 e. The number of hydrogen-bond acceptors (Lipinski definition) is 6. The van der Waals surface area contributed by atoms with Crippen molar-refractivity contribution in [1.29, 1.82) is 0 Å². The molecule has 7 nitrogen and oxygen atoms in total. The predicted octanol–water partition coefficient (Wildman–Crippen LogP) is 2.93. The average Bonchev–Trinajstić information content (AvgIpc) is 3.55. The number of aromatic nitrogens is 3. The van der Waals surface area contributed by atoms with Gasteiger partial charge in [-0.05, 0) is 25.0 Å². The van der Waals surface area contributed by atoms with E-state index in [2.05, 4.69) is 15.0 Å². The summed E-state index contributed by atoms with van der Waals surface area (Å²) in [7, 11) is 0. The Balaban J connectivity index is 1.20. The molecule has 0 radical (unpaired) electrons. The van der Waals surface area contributed by atoms with Gasteiger partial charge in [0.15, 0.2) is 0 Å². The zero-order valence-corrected chi connectivity index (χ0v) is 17.6. The van der Waals surface area contributed by atoms with E-state index in [1.54, 1.807) is 6.20 Å². The van der Waals surface area contributed by atoms with Crippen LogP contribution >= 0.6 is 11.3 Å². The summed E-state index contributed by atoms with van der Waals surface area (Å²) in [4.78, 5) is 21.9. The van der Waals surface area contributed by atoms with E-state index in [-0.39, 0.29) is 5.91 Å². The number of benzene rings is 1. The van der Waals surface area contributed by atoms with Crippen molar-refractivity contribution in [3.8, 4) is 16.3 Å². The molecule has 30 heavy (non-hydrogen) atoms. The first-order chi connectivity index (χ1) is 14.8. The quantitative estimate of drug-likeness (QED) is 0.631. The Bertz CT molecular complexity index is 988. The molecule has 3 aromatic rings. The molecular weight excluding hydrogens is 398 g/mol. The van der Waals surface area contributed by atoms with E-state index in [9.17, 15) is 4.79 Å². The van der Waals surface area contributed by atoms with E-state index in [1.165, 1.54) is 17.8 Å². The fraction of sp³-hybridized carbons (Fsp3) is 0.409. The number of thiazole rings is 1. The maximum absolute atomic E-state index is 12.9. The third-order valence-corrected chi connectivity index (χ3v) is 6.61. The van der Waals surface area contributed by atoms with Gasteiger partial charge in [-0.1, -0.05) is 18.2 Å². The van der Waals surface area contributed by atoms with Gasteiger partial charge in [0.05, 0.1) is 18.0 Å². The van der Waals surface area contributed by atoms with Gasteiger partial charge in [-0.15, -0.1) is 11.3 Å². The molecule has 8 heteroatoms. The van der Waals surface area contributed by atoms with Crippen molar-refractivity contribution in [3.05, 3.63) is 53.8 Å². The van der Waals surface area contributed by atoms with Crippen molar-refractivity contribution in [2.24, 2.45) is 0 Å². The topological polar surface area (TPSA) is 63.5 Å². The number of hydrogen-bond donors (Lipinski definition) is 0. The minimum Gasteiger partial charge on any atom is -0.377 e. The second kappa shape index (κ2) is 8.67. The number of para-hydroxylation sites is 1. The van der Waals surface area contributed by atoms with E-state index in [1.807, 2.05) is 51.5 Å². The largest absolute Gasteiger partial charge is 0.377 e. The van der Waals surface area contributed by atoms with Crippen LogP contribution in [0.2, 0.25) is 0 Å². The average molecular weight is 424 g/mol. The number of ether oxygens (including phenoxy) is 1. The summed E-state index contributed by atoms with van der Waals surface area (Å²) in [6.07, 6.45) is 6.43. The van der Waals surface area contributed by atoms with Crippen molar-refractivity contribution in [1.82, 2.24) is 24.6 Å². The normalized spacial score (nSPS) is 20.0. The maximum atomic E-state index is 12.9. The van der Waals surface area contributed by atoms with Gasteiger partial charge in [-0.2, -0.15) is 5.10 Å². The Kier molecular flexibility index (Phi) is 5.61. The highest BCUT2D eigenvalue weighted by Gasteiger charge is 2.26. The van der Waals surface area contributed by atoms with Crippen molar-refractivity contribution in [2.75, 3.05) is 39.3 Å². The van der Waals surface area contributed by atoms with Crippen LogP contribution in [0.5, 0.6) is 0 Å². The van der Waals surface area contributed by atoms with Crippen molar-refractivity contribution in [2.45, 2.75) is 18.9 Å². The molecule has 156 valence electrons. The lowest BCUT2D eigenvalue weighted by Gasteiger charge is -2.35. The standard InChI is InChI=1S/C22H25N5O2S/c28-22(26-10-8-25(9-11-26)15-19-7-4-12-29-19)20-16-30-21(24-20)17-13-23-27(14-17)18-5-2-1-3-6-18/h1-3,5-6,13-14,16,19H,4,7-12,15H2. The molecule has 0 bridgehead atoms. The molecule has 2 fully saturated rings. The molecule has 0 spiro atoms. The van der Waals surface area contributed by atoms with Gasteiger partial charge < -0.3 is 9.64 Å². The van der Waals surface area contributed by atoms with Gasteiger partial charge in [0, 0.05) is 56.5 Å². The third kappa shape index (κ3) is 4.16. The molecule has 1 aromatic carbocycles. The Morgan fingerprint density at radius 2 is 2.00 bits per heavy atom. The Morgan fingerprint density at radius 3 is 2.77 bits per heavy atom. The summed E-state index contributed by atoms with van der Waals surface area (Å²) >= 11 is 1.49. The number of amides is 1. The highest BCUT2D eigenvalue weighted by atomic mass is 32.1. The van der Waals surface area contributed by atoms with Gasteiger partial charge in [0.2, 0.25) is 0 Å². The highest BCUT2D eigenvalue weighted by Crippen LogP contribution is 2.25. The van der Waals surface area contributed by atoms with E-state index in [0.29, 0.717) is 11.8 Å². The number of carbonyl (C=O) groups is 1. The van der Waals surface area contributed by atoms with E-state index < -0.39 is 0 Å². The fourth-order valence-electron chi connectivity index (χ4n) is 4.03. The van der Waals surface area contributed by atoms with Gasteiger partial charge in [-0.25, -0.2) is 9.67 Å². The first kappa shape index (κ1) is 19.4. The first-order valence-corrected chi connectivity index (χ1v) is 11.3. The lowest BCUT2D eigenvalue weighted by atomic mass is 10.2. The summed E-state index contributed by atoms with van der Waals surface area (Å²) in [5, 5.41) is 7.10. The molecule has 2 aliphatic rings. The number of carbonyl (C=O) groups excluding carboxylic acids is 1. The van der Waals surface area contributed by atoms with Gasteiger partial charge in [0.25, 0.3) is 5.91 Å². The first-order valence-electron chi connectivity index (χ1n) is 10.5. The van der Waals surface area contributed by atoms with Crippen molar-refractivity contribution in [3.63, 3.8) is 0 Å². The lowest BCUT2D eigenvalue weighted by Crippen LogP contribution is -2.50. The molecule has 2 aliphatic heterocycles. The molecular formula is C22H25N5O2S. The smallest absolute Gasteiger partial charge is 0.273 e. The second-order valence-electron chi connectivity index (χ2n) is 7.77. The lowest BCUT2D eigenvalue weighted by molar-refractivity contribution is 0.0430. The Labute approximate surface area is 179 Å². The third-order valence-electron chi connectivity index (χ3n) is 5.72. The monoisotopic (exact) mass is 423 g/mol. The molecule has 2 saturated heterocycles. The van der Waals surface area contributed by atoms with Crippen LogP contribution < -0.4 is 0 Å². The summed E-state index contributed by atoms with van der Waals surface area (Å²) < 4.78 is 7.56. The zero-order chi connectivity index (χ0) is 20.3. The molecule has 1 atom stereocenters. The summed E-state index contributed by atoms with van der Waals surface area (Å²) in [5.41, 5.74) is 2.44. The zero-order valence-electron chi connectivity index (χ0n) is 16.8. The number of rotatable bonds is 5. The minimum absolute atomic E-state index is 0.0183. The van der Waals surface area contributed by atoms with Gasteiger partial charge in [-0.3, -0.25) is 9.69 Å². The second-order valence-corrected chi connectivity index (χ2v) is 8.63. The van der Waals surface area contributed by atoms with Crippen LogP contribution in [0.15, 0.2) is 48.1 Å². The van der Waals surface area contributed by atoms with E-state index in [4.69, 9.17) is 4.74 Å². The van der Waals surface area contributed by atoms with Crippen LogP contribution in [0.1, 0.15) is 23.3 Å². The van der Waals surface area contributed by atoms with Crippen LogP contribution in [0, 0.1) is 0 Å². The van der Waals surface area contributed by atoms with Crippen LogP contribution in [0.3, 0.4) is 0 Å². The molecule has 4 heterocycles. The molecule has 0 saturated carbocycles. The Hall–Kier alpha value is -2.55. The van der Waals surface area contributed by atoms with Gasteiger partial charge in [0.1, 0.15) is 10.7 Å². The fourth-order valence-corrected chi connectivity index (χ4v) is 4.80. The molecule has 5 rings (SSSR count). The summed E-state index contributed by atoms with van der Waals surface area (Å²) in [6.45, 7) is 5.14. The van der Waals surface area contributed by atoms with Crippen LogP contribution in [0.4, 0.5) is 0 Å². The number of piperazine rings is 1. The summed E-state index contributed by atoms with van der Waals surface area (Å²) in [5.74, 6) is 0.0183. The SMILES string of the molecule is O=C(c1csc(-c2cnn(-c3ccccc3)c2)n1)N1CCN(CC2CCCO2)CC1. The Morgan fingerprint density at radius 1 is 1.17 bits per heavy atom. The number of nitrogens with zero attached hydrogens (tertiary/aromatic N) is 5. The van der Waals surface area contributed by atoms with E-state index >= 15 is 0 Å². The van der Waals surface area contributed by atoms with Crippen LogP contribution in [-0.4, -0.2) is 75.9 Å². The van der Waals surface area contributed by atoms with Crippen LogP contribution in [-0.2, 0) is 4.74 Å². The predicted molar refractivity (Wildman–Crippen MR) is 116 cm³/mol. The molecule has 1 amide bonds. The van der Waals surface area contributed by atoms with Gasteiger partial charge >= 0.3 is 0 Å². The minimum atomic E-state index is 0.0183. The molecule has 0 N–H and O–H groups in total. The van der Waals surface area contributed by atoms with Crippen molar-refractivity contribution >= 4 is 17.2 Å². The molecule has 0 aliphatic carbocycles. The molecule has 1 unspecified atom stereocenters.